The van der Waals surface area contributed by atoms with E-state index >= 15 is 0 Å². The maximum absolute atomic E-state index is 6.23. The van der Waals surface area contributed by atoms with E-state index in [0.717, 1.165) is 0 Å². The molecule has 0 unspecified atom stereocenters. The van der Waals surface area contributed by atoms with E-state index in [-0.39, 0.29) is 9.11 Å². The smallest absolute Gasteiger partial charge is 0.0921 e. The highest BCUT2D eigenvalue weighted by Gasteiger charge is 2.29. The molecule has 0 aromatic heterocycles. The molecule has 0 aliphatic carbocycles. The molecule has 0 saturated carbocycles. The lowest BCUT2D eigenvalue weighted by atomic mass is 10.0. The van der Waals surface area contributed by atoms with Crippen LogP contribution < -0.4 is 0 Å². The summed E-state index contributed by atoms with van der Waals surface area (Å²) in [5, 5.41) is -0.347. The Morgan fingerprint density at radius 3 is 1.94 bits per heavy atom. The normalized spacial score (nSPS) is 22.6. The number of hydrogen-bond acceptors (Lipinski definition) is 0. The first-order valence-corrected chi connectivity index (χ1v) is 8.34. The standard InChI is InChI=1S/C10H12Br3Cl3/c1-9(15,5-6-11)7(14)3-4-10(2,16)8(12)13/h3-8H,1-2H3/b4-3+,6-5+/t7-,9-,10-/m0/s1. The third-order valence-electron chi connectivity index (χ3n) is 1.95. The fraction of sp³-hybridized carbons (Fsp3) is 0.600. The summed E-state index contributed by atoms with van der Waals surface area (Å²) in [5.74, 6) is 0. The largest absolute Gasteiger partial charge is 0.116 e. The number of alkyl halides is 5. The highest BCUT2D eigenvalue weighted by molar-refractivity contribution is 9.24. The molecule has 0 aromatic rings. The van der Waals surface area contributed by atoms with E-state index in [1.807, 2.05) is 19.9 Å². The van der Waals surface area contributed by atoms with Crippen molar-refractivity contribution in [3.63, 3.8) is 0 Å². The summed E-state index contributed by atoms with van der Waals surface area (Å²) in [6.45, 7) is 3.70. The van der Waals surface area contributed by atoms with Gasteiger partial charge < -0.3 is 0 Å². The Hall–Kier alpha value is 1.79. The van der Waals surface area contributed by atoms with Crippen molar-refractivity contribution in [2.24, 2.45) is 0 Å². The molecule has 6 heteroatoms. The molecule has 0 heterocycles. The van der Waals surface area contributed by atoms with Gasteiger partial charge in [0.2, 0.25) is 0 Å². The monoisotopic (exact) mass is 474 g/mol. The van der Waals surface area contributed by atoms with Crippen LogP contribution in [0.5, 0.6) is 0 Å². The lowest BCUT2D eigenvalue weighted by Gasteiger charge is -2.24. The summed E-state index contributed by atoms with van der Waals surface area (Å²) in [6.07, 6.45) is 5.40. The quantitative estimate of drug-likeness (QED) is 0.328. The maximum atomic E-state index is 6.23. The van der Waals surface area contributed by atoms with Crippen LogP contribution in [0.4, 0.5) is 0 Å². The van der Waals surface area contributed by atoms with Crippen LogP contribution in [-0.2, 0) is 0 Å². The van der Waals surface area contributed by atoms with Gasteiger partial charge in [0.25, 0.3) is 0 Å². The van der Waals surface area contributed by atoms with Gasteiger partial charge in [0.1, 0.15) is 0 Å². The van der Waals surface area contributed by atoms with Gasteiger partial charge in [-0.05, 0) is 18.8 Å². The molecule has 0 amide bonds. The van der Waals surface area contributed by atoms with Crippen LogP contribution in [-0.4, -0.2) is 18.9 Å². The summed E-state index contributed by atoms with van der Waals surface area (Å²) in [6, 6.07) is 0. The topological polar surface area (TPSA) is 0 Å². The zero-order valence-corrected chi connectivity index (χ0v) is 15.8. The third kappa shape index (κ3) is 6.10. The second-order valence-corrected chi connectivity index (χ2v) is 9.34. The summed E-state index contributed by atoms with van der Waals surface area (Å²) >= 11 is 28.5. The van der Waals surface area contributed by atoms with E-state index in [0.29, 0.717) is 0 Å². The maximum Gasteiger partial charge on any atom is 0.0921 e. The fourth-order valence-corrected chi connectivity index (χ4v) is 2.11. The summed E-state index contributed by atoms with van der Waals surface area (Å²) in [5.41, 5.74) is 0. The van der Waals surface area contributed by atoms with Gasteiger partial charge >= 0.3 is 0 Å². The Labute approximate surface area is 137 Å². The minimum absolute atomic E-state index is 0.0393. The molecule has 0 saturated heterocycles. The molecular formula is C10H12Br3Cl3. The van der Waals surface area contributed by atoms with Crippen LogP contribution in [0.15, 0.2) is 23.2 Å². The molecule has 0 aliphatic rings. The first kappa shape index (κ1) is 17.8. The molecule has 0 bridgehead atoms. The van der Waals surface area contributed by atoms with Gasteiger partial charge in [-0.1, -0.05) is 66.0 Å². The lowest BCUT2D eigenvalue weighted by molar-refractivity contribution is 0.787. The molecule has 0 nitrogen and oxygen atoms in total. The van der Waals surface area contributed by atoms with Crippen molar-refractivity contribution in [2.75, 3.05) is 0 Å². The molecular weight excluding hydrogens is 466 g/mol. The molecule has 16 heavy (non-hydrogen) atoms. The van der Waals surface area contributed by atoms with Gasteiger partial charge in [-0.3, -0.25) is 0 Å². The van der Waals surface area contributed by atoms with E-state index in [4.69, 9.17) is 34.8 Å². The molecule has 0 spiro atoms. The van der Waals surface area contributed by atoms with Crippen molar-refractivity contribution in [3.05, 3.63) is 23.2 Å². The van der Waals surface area contributed by atoms with E-state index in [1.54, 1.807) is 17.1 Å². The van der Waals surface area contributed by atoms with Gasteiger partial charge in [0, 0.05) is 0 Å². The number of halogens is 6. The molecule has 0 rings (SSSR count). The van der Waals surface area contributed by atoms with Crippen LogP contribution in [0.25, 0.3) is 0 Å². The Morgan fingerprint density at radius 2 is 1.56 bits per heavy atom. The minimum Gasteiger partial charge on any atom is -0.116 e. The highest BCUT2D eigenvalue weighted by atomic mass is 79.9. The van der Waals surface area contributed by atoms with Crippen molar-refractivity contribution in [1.29, 1.82) is 0 Å². The van der Waals surface area contributed by atoms with Gasteiger partial charge in [0.05, 0.1) is 18.9 Å². The molecule has 3 atom stereocenters. The van der Waals surface area contributed by atoms with Crippen molar-refractivity contribution in [3.8, 4) is 0 Å². The van der Waals surface area contributed by atoms with Crippen LogP contribution in [0.1, 0.15) is 13.8 Å². The number of hydrogen-bond donors (Lipinski definition) is 0. The van der Waals surface area contributed by atoms with Gasteiger partial charge in [0.15, 0.2) is 0 Å². The van der Waals surface area contributed by atoms with Crippen LogP contribution in [0.3, 0.4) is 0 Å². The van der Waals surface area contributed by atoms with Crippen molar-refractivity contribution >= 4 is 82.6 Å². The second-order valence-electron chi connectivity index (χ2n) is 3.66. The summed E-state index contributed by atoms with van der Waals surface area (Å²) in [7, 11) is 0. The summed E-state index contributed by atoms with van der Waals surface area (Å²) < 4.78 is -0.0393. The first-order valence-electron chi connectivity index (χ1n) is 4.41. The number of rotatable bonds is 5. The van der Waals surface area contributed by atoms with Gasteiger partial charge in [-0.2, -0.15) is 0 Å². The van der Waals surface area contributed by atoms with Gasteiger partial charge in [-0.15, -0.1) is 34.8 Å². The zero-order valence-electron chi connectivity index (χ0n) is 8.73. The Kier molecular flexibility index (Phi) is 8.22. The molecule has 94 valence electrons. The van der Waals surface area contributed by atoms with E-state index < -0.39 is 9.75 Å². The molecule has 0 aliphatic heterocycles. The summed E-state index contributed by atoms with van der Waals surface area (Å²) in [4.78, 5) is 0.488. The SMILES string of the molecule is C[C@](Cl)(/C=C/[C@H](Cl)[C@@](C)(Cl)/C=C/Br)C(Br)Br. The minimum atomic E-state index is -0.650. The van der Waals surface area contributed by atoms with E-state index in [2.05, 4.69) is 47.8 Å². The third-order valence-corrected chi connectivity index (χ3v) is 6.06. The van der Waals surface area contributed by atoms with Crippen LogP contribution in [0.2, 0.25) is 0 Å². The zero-order chi connectivity index (χ0) is 13.0. The van der Waals surface area contributed by atoms with E-state index in [9.17, 15) is 0 Å². The first-order chi connectivity index (χ1) is 7.13. The molecule has 0 fully saturated rings. The van der Waals surface area contributed by atoms with Crippen LogP contribution in [0, 0.1) is 0 Å². The molecule has 0 N–H and O–H groups in total. The van der Waals surface area contributed by atoms with Gasteiger partial charge in [-0.25, -0.2) is 0 Å². The molecule has 0 aromatic carbocycles. The van der Waals surface area contributed by atoms with E-state index in [1.165, 1.54) is 0 Å². The number of allylic oxidation sites excluding steroid dienone is 3. The Morgan fingerprint density at radius 1 is 1.06 bits per heavy atom. The average molecular weight is 478 g/mol. The van der Waals surface area contributed by atoms with Crippen molar-refractivity contribution < 1.29 is 0 Å². The second kappa shape index (κ2) is 7.40. The predicted octanol–water partition coefficient (Wildman–Crippen LogP) is 6.17. The lowest BCUT2D eigenvalue weighted by Crippen LogP contribution is -2.27. The van der Waals surface area contributed by atoms with Crippen LogP contribution >= 0.6 is 82.6 Å². The van der Waals surface area contributed by atoms with Crippen molar-refractivity contribution in [1.82, 2.24) is 0 Å². The van der Waals surface area contributed by atoms with Crippen molar-refractivity contribution in [2.45, 2.75) is 32.7 Å². The average Bonchev–Trinajstić information content (AvgIpc) is 2.13. The highest BCUT2D eigenvalue weighted by Crippen LogP contribution is 2.33. The predicted molar refractivity (Wildman–Crippen MR) is 87.0 cm³/mol. The fourth-order valence-electron chi connectivity index (χ4n) is 0.749. The molecule has 0 radical (unpaired) electrons. The Balaban J connectivity index is 4.68. The Bertz CT molecular complexity index is 272.